The van der Waals surface area contributed by atoms with Crippen molar-refractivity contribution in [2.75, 3.05) is 5.32 Å². The largest absolute Gasteiger partial charge is 0.363 e. The molecule has 4 nitrogen and oxygen atoms in total. The maximum atomic E-state index is 13.4. The number of fused-ring (bicyclic) bond motifs is 1. The van der Waals surface area contributed by atoms with Gasteiger partial charge >= 0.3 is 0 Å². The van der Waals surface area contributed by atoms with Crippen LogP contribution >= 0.6 is 12.2 Å². The van der Waals surface area contributed by atoms with Crippen molar-refractivity contribution in [3.63, 3.8) is 0 Å². The first-order valence-electron chi connectivity index (χ1n) is 8.37. The van der Waals surface area contributed by atoms with Crippen LogP contribution in [0, 0.1) is 0 Å². The number of thiocarbonyl (C=S) groups is 1. The van der Waals surface area contributed by atoms with Gasteiger partial charge in [0.15, 0.2) is 5.54 Å². The number of ketones is 2. The van der Waals surface area contributed by atoms with E-state index in [4.69, 9.17) is 0 Å². The molecule has 3 aromatic rings. The van der Waals surface area contributed by atoms with Gasteiger partial charge in [0.2, 0.25) is 11.6 Å². The zero-order chi connectivity index (χ0) is 18.9. The van der Waals surface area contributed by atoms with Crippen LogP contribution in [0.2, 0.25) is 0 Å². The molecule has 27 heavy (non-hydrogen) atoms. The maximum Gasteiger partial charge on any atom is 0.201 e. The second kappa shape index (κ2) is 6.72. The Hall–Kier alpha value is -3.40. The third kappa shape index (κ3) is 2.70. The molecule has 0 spiro atoms. The normalized spacial score (nSPS) is 14.4. The first-order valence-corrected chi connectivity index (χ1v) is 8.78. The van der Waals surface area contributed by atoms with E-state index in [0.717, 1.165) is 0 Å². The highest BCUT2D eigenvalue weighted by Crippen LogP contribution is 2.40. The SMILES string of the molecule is O=C1c2ccccc2C(=O)C1(Nc1ccc(N=C=S)cc1)c1ccccc1. The molecule has 0 amide bonds. The average molecular weight is 370 g/mol. The molecule has 0 saturated carbocycles. The second-order valence-corrected chi connectivity index (χ2v) is 6.38. The number of benzene rings is 3. The maximum absolute atomic E-state index is 13.4. The molecule has 1 aliphatic rings. The van der Waals surface area contributed by atoms with Crippen molar-refractivity contribution in [2.45, 2.75) is 5.54 Å². The van der Waals surface area contributed by atoms with Crippen LogP contribution < -0.4 is 5.32 Å². The highest BCUT2D eigenvalue weighted by Gasteiger charge is 2.54. The smallest absolute Gasteiger partial charge is 0.201 e. The van der Waals surface area contributed by atoms with E-state index >= 15 is 0 Å². The molecule has 0 radical (unpaired) electrons. The molecule has 5 heteroatoms. The Labute approximate surface area is 161 Å². The van der Waals surface area contributed by atoms with Crippen molar-refractivity contribution < 1.29 is 9.59 Å². The Morgan fingerprint density at radius 2 is 1.33 bits per heavy atom. The molecule has 130 valence electrons. The van der Waals surface area contributed by atoms with Gasteiger partial charge in [-0.15, -0.1) is 0 Å². The summed E-state index contributed by atoms with van der Waals surface area (Å²) in [6.07, 6.45) is 0. The Kier molecular flexibility index (Phi) is 4.24. The molecule has 3 aromatic carbocycles. The van der Waals surface area contributed by atoms with E-state index in [0.29, 0.717) is 28.1 Å². The minimum atomic E-state index is -1.49. The van der Waals surface area contributed by atoms with Crippen LogP contribution in [0.25, 0.3) is 0 Å². The molecular formula is C22H14N2O2S. The number of rotatable bonds is 4. The first kappa shape index (κ1) is 17.0. The van der Waals surface area contributed by atoms with Crippen molar-refractivity contribution in [3.8, 4) is 0 Å². The van der Waals surface area contributed by atoms with Gasteiger partial charge in [-0.1, -0.05) is 54.6 Å². The van der Waals surface area contributed by atoms with E-state index in [1.165, 1.54) is 0 Å². The lowest BCUT2D eigenvalue weighted by molar-refractivity contribution is 0.0819. The number of aliphatic imine (C=N–C) groups is 1. The van der Waals surface area contributed by atoms with E-state index < -0.39 is 5.54 Å². The number of nitrogens with zero attached hydrogens (tertiary/aromatic N) is 1. The van der Waals surface area contributed by atoms with Gasteiger partial charge in [-0.2, -0.15) is 4.99 Å². The van der Waals surface area contributed by atoms with Gasteiger partial charge < -0.3 is 5.32 Å². The molecule has 0 unspecified atom stereocenters. The number of carbonyl (C=O) groups excluding carboxylic acids is 2. The topological polar surface area (TPSA) is 58.5 Å². The molecular weight excluding hydrogens is 356 g/mol. The number of isothiocyanates is 1. The van der Waals surface area contributed by atoms with Crippen LogP contribution in [0.5, 0.6) is 0 Å². The summed E-state index contributed by atoms with van der Waals surface area (Å²) in [7, 11) is 0. The summed E-state index contributed by atoms with van der Waals surface area (Å²) in [5, 5.41) is 5.51. The summed E-state index contributed by atoms with van der Waals surface area (Å²) in [5.41, 5.74) is 1.27. The number of hydrogen-bond donors (Lipinski definition) is 1. The minimum Gasteiger partial charge on any atom is -0.363 e. The highest BCUT2D eigenvalue weighted by atomic mass is 32.1. The molecule has 0 aromatic heterocycles. The third-order valence-electron chi connectivity index (χ3n) is 4.68. The Bertz CT molecular complexity index is 1050. The summed E-state index contributed by atoms with van der Waals surface area (Å²) >= 11 is 4.61. The fourth-order valence-electron chi connectivity index (χ4n) is 3.41. The van der Waals surface area contributed by atoms with Gasteiger partial charge in [0.1, 0.15) is 0 Å². The van der Waals surface area contributed by atoms with Crippen molar-refractivity contribution >= 4 is 40.3 Å². The zero-order valence-electron chi connectivity index (χ0n) is 14.2. The first-order chi connectivity index (χ1) is 13.2. The molecule has 0 saturated heterocycles. The summed E-state index contributed by atoms with van der Waals surface area (Å²) in [6.45, 7) is 0. The number of nitrogens with one attached hydrogen (secondary N) is 1. The summed E-state index contributed by atoms with van der Waals surface area (Å²) in [4.78, 5) is 30.7. The summed E-state index contributed by atoms with van der Waals surface area (Å²) < 4.78 is 0. The Morgan fingerprint density at radius 3 is 1.89 bits per heavy atom. The molecule has 0 heterocycles. The van der Waals surface area contributed by atoms with Crippen LogP contribution in [-0.4, -0.2) is 16.7 Å². The molecule has 0 atom stereocenters. The standard InChI is InChI=1S/C22H14N2O2S/c25-20-18-8-4-5-9-19(18)21(26)22(20,15-6-2-1-3-7-15)24-17-12-10-16(11-13-17)23-14-27/h1-13,24H. The third-order valence-corrected chi connectivity index (χ3v) is 4.77. The van der Waals surface area contributed by atoms with Crippen molar-refractivity contribution in [2.24, 2.45) is 4.99 Å². The van der Waals surface area contributed by atoms with Crippen molar-refractivity contribution in [1.29, 1.82) is 0 Å². The van der Waals surface area contributed by atoms with Gasteiger partial charge in [0, 0.05) is 16.8 Å². The predicted octanol–water partition coefficient (Wildman–Crippen LogP) is 4.81. The van der Waals surface area contributed by atoms with Gasteiger partial charge in [-0.3, -0.25) is 9.59 Å². The van der Waals surface area contributed by atoms with Gasteiger partial charge in [-0.05, 0) is 42.0 Å². The van der Waals surface area contributed by atoms with E-state index in [9.17, 15) is 9.59 Å². The second-order valence-electron chi connectivity index (χ2n) is 6.19. The monoisotopic (exact) mass is 370 g/mol. The van der Waals surface area contributed by atoms with Gasteiger partial charge in [0.05, 0.1) is 10.8 Å². The fraction of sp³-hybridized carbons (Fsp3) is 0.0455. The quantitative estimate of drug-likeness (QED) is 0.407. The molecule has 1 aliphatic carbocycles. The lowest BCUT2D eigenvalue weighted by Crippen LogP contribution is -2.46. The highest BCUT2D eigenvalue weighted by molar-refractivity contribution is 7.78. The van der Waals surface area contributed by atoms with Crippen LogP contribution in [0.1, 0.15) is 26.3 Å². The minimum absolute atomic E-state index is 0.254. The number of carbonyl (C=O) groups is 2. The summed E-state index contributed by atoms with van der Waals surface area (Å²) in [5.74, 6) is -0.509. The van der Waals surface area contributed by atoms with Crippen LogP contribution in [0.3, 0.4) is 0 Å². The van der Waals surface area contributed by atoms with E-state index in [-0.39, 0.29) is 11.6 Å². The van der Waals surface area contributed by atoms with Crippen LogP contribution in [-0.2, 0) is 5.54 Å². The number of Topliss-reactive ketones (excluding diaryl/α,β-unsaturated/α-hetero) is 2. The fourth-order valence-corrected chi connectivity index (χ4v) is 3.52. The molecule has 0 aliphatic heterocycles. The van der Waals surface area contributed by atoms with Gasteiger partial charge in [-0.25, -0.2) is 0 Å². The van der Waals surface area contributed by atoms with E-state index in [1.807, 2.05) is 18.2 Å². The molecule has 4 rings (SSSR count). The predicted molar refractivity (Wildman–Crippen MR) is 108 cm³/mol. The zero-order valence-corrected chi connectivity index (χ0v) is 15.0. The van der Waals surface area contributed by atoms with Crippen molar-refractivity contribution in [3.05, 3.63) is 95.6 Å². The Balaban J connectivity index is 1.85. The van der Waals surface area contributed by atoms with E-state index in [1.54, 1.807) is 60.7 Å². The number of anilines is 1. The van der Waals surface area contributed by atoms with Crippen LogP contribution in [0.4, 0.5) is 11.4 Å². The molecule has 1 N–H and O–H groups in total. The molecule has 0 bridgehead atoms. The summed E-state index contributed by atoms with van der Waals surface area (Å²) in [6, 6.07) is 23.0. The lowest BCUT2D eigenvalue weighted by atomic mass is 9.84. The van der Waals surface area contributed by atoms with Crippen molar-refractivity contribution in [1.82, 2.24) is 0 Å². The van der Waals surface area contributed by atoms with E-state index in [2.05, 4.69) is 27.7 Å². The number of hydrogen-bond acceptors (Lipinski definition) is 5. The van der Waals surface area contributed by atoms with Crippen LogP contribution in [0.15, 0.2) is 83.9 Å². The lowest BCUT2D eigenvalue weighted by Gasteiger charge is -2.29. The average Bonchev–Trinajstić information content (AvgIpc) is 2.93. The Morgan fingerprint density at radius 1 is 0.778 bits per heavy atom. The van der Waals surface area contributed by atoms with Gasteiger partial charge in [0.25, 0.3) is 0 Å². The molecule has 0 fully saturated rings.